The summed E-state index contributed by atoms with van der Waals surface area (Å²) in [7, 11) is 0. The number of allylic oxidation sites excluding steroid dienone is 3. The maximum Gasteiger partial charge on any atom is 0.407 e. The average molecular weight is 566 g/mol. The number of amides is 1. The van der Waals surface area contributed by atoms with E-state index in [1.165, 1.54) is 0 Å². The van der Waals surface area contributed by atoms with E-state index in [1.54, 1.807) is 26.8 Å². The monoisotopic (exact) mass is 565 g/mol. The molecular weight excluding hydrogens is 530 g/mol. The first-order valence-electron chi connectivity index (χ1n) is 14.1. The Bertz CT molecular complexity index is 1510. The predicted molar refractivity (Wildman–Crippen MR) is 161 cm³/mol. The van der Waals surface area contributed by atoms with Crippen LogP contribution in [-0.4, -0.2) is 41.4 Å². The van der Waals surface area contributed by atoms with Crippen molar-refractivity contribution in [2.75, 3.05) is 6.61 Å². The molecular formula is C35H35NO6. The molecule has 0 heterocycles. The molecule has 2 aliphatic carbocycles. The normalized spacial score (nSPS) is 18.3. The number of nitrogens with one attached hydrogen (secondary N) is 1. The fourth-order valence-corrected chi connectivity index (χ4v) is 5.63. The molecule has 2 N–H and O–H groups in total. The number of ether oxygens (including phenoxy) is 2. The van der Waals surface area contributed by atoms with Gasteiger partial charge in [-0.2, -0.15) is 0 Å². The smallest absolute Gasteiger partial charge is 0.407 e. The Hall–Kier alpha value is -4.65. The molecule has 2 aliphatic rings. The molecule has 0 fully saturated rings. The fourth-order valence-electron chi connectivity index (χ4n) is 5.63. The van der Waals surface area contributed by atoms with Gasteiger partial charge in [-0.3, -0.25) is 4.79 Å². The van der Waals surface area contributed by atoms with Crippen LogP contribution in [0.5, 0.6) is 0 Å². The Kier molecular flexibility index (Phi) is 8.03. The summed E-state index contributed by atoms with van der Waals surface area (Å²) in [5.74, 6) is -1.98. The van der Waals surface area contributed by atoms with Crippen molar-refractivity contribution in [1.82, 2.24) is 5.32 Å². The van der Waals surface area contributed by atoms with E-state index in [4.69, 9.17) is 9.47 Å². The first-order valence-corrected chi connectivity index (χ1v) is 14.1. The summed E-state index contributed by atoms with van der Waals surface area (Å²) in [6, 6.07) is 24.3. The highest BCUT2D eigenvalue weighted by molar-refractivity contribution is 5.87. The van der Waals surface area contributed by atoms with E-state index in [0.29, 0.717) is 0 Å². The van der Waals surface area contributed by atoms with Crippen LogP contribution in [0.4, 0.5) is 4.79 Å². The lowest BCUT2D eigenvalue weighted by Gasteiger charge is -2.35. The number of carboxylic acid groups (broad SMARTS) is 1. The summed E-state index contributed by atoms with van der Waals surface area (Å²) in [5, 5.41) is 12.6. The molecule has 3 aromatic carbocycles. The molecule has 0 radical (unpaired) electrons. The number of carbonyl (C=O) groups is 3. The number of esters is 1. The van der Waals surface area contributed by atoms with Gasteiger partial charge in [0.25, 0.3) is 0 Å². The molecule has 7 nitrogen and oxygen atoms in total. The van der Waals surface area contributed by atoms with E-state index < -0.39 is 35.1 Å². The lowest BCUT2D eigenvalue weighted by molar-refractivity contribution is -0.165. The van der Waals surface area contributed by atoms with E-state index in [-0.39, 0.29) is 25.4 Å². The highest BCUT2D eigenvalue weighted by atomic mass is 16.6. The highest BCUT2D eigenvalue weighted by Gasteiger charge is 2.44. The SMILES string of the molecule is CC(C)(C)OC(=O)C1(CC(NC(=O)OCC2c3ccccc3-c3ccccc32)C(=O)O)C=CC(c2ccccc2)=CC1. The van der Waals surface area contributed by atoms with Crippen molar-refractivity contribution in [1.29, 1.82) is 0 Å². The molecule has 2 unspecified atom stereocenters. The van der Waals surface area contributed by atoms with Crippen LogP contribution in [0.2, 0.25) is 0 Å². The number of carboxylic acids is 1. The van der Waals surface area contributed by atoms with Gasteiger partial charge in [0.05, 0.1) is 5.41 Å². The standard InChI is InChI=1S/C35H35NO6/c1-34(2,3)42-32(39)35(19-17-24(18-20-35)23-11-5-4-6-12-23)21-30(31(37)38)36-33(40)41-22-29-27-15-9-7-13-25(27)26-14-8-10-16-28(26)29/h4-19,29-30H,20-22H2,1-3H3,(H,36,40)(H,37,38). The van der Waals surface area contributed by atoms with Crippen LogP contribution in [0.1, 0.15) is 56.2 Å². The summed E-state index contributed by atoms with van der Waals surface area (Å²) < 4.78 is 11.3. The van der Waals surface area contributed by atoms with Crippen molar-refractivity contribution in [3.05, 3.63) is 114 Å². The number of fused-ring (bicyclic) bond motifs is 3. The van der Waals surface area contributed by atoms with E-state index >= 15 is 0 Å². The van der Waals surface area contributed by atoms with E-state index in [2.05, 4.69) is 5.32 Å². The number of carbonyl (C=O) groups excluding carboxylic acids is 2. The first kappa shape index (κ1) is 28.9. The van der Waals surface area contributed by atoms with Crippen molar-refractivity contribution in [2.24, 2.45) is 5.41 Å². The van der Waals surface area contributed by atoms with E-state index in [1.807, 2.05) is 91.0 Å². The van der Waals surface area contributed by atoms with Crippen molar-refractivity contribution < 1.29 is 29.0 Å². The summed E-state index contributed by atoms with van der Waals surface area (Å²) in [6.45, 7) is 5.34. The number of hydrogen-bond donors (Lipinski definition) is 2. The minimum absolute atomic E-state index is 0.0481. The van der Waals surface area contributed by atoms with Gasteiger partial charge in [0.15, 0.2) is 0 Å². The van der Waals surface area contributed by atoms with Gasteiger partial charge >= 0.3 is 18.0 Å². The first-order chi connectivity index (χ1) is 20.1. The number of aliphatic carboxylic acids is 1. The molecule has 0 bridgehead atoms. The largest absolute Gasteiger partial charge is 0.480 e. The number of rotatable bonds is 8. The Labute approximate surface area is 245 Å². The average Bonchev–Trinajstić information content (AvgIpc) is 3.29. The van der Waals surface area contributed by atoms with Crippen molar-refractivity contribution in [3.63, 3.8) is 0 Å². The van der Waals surface area contributed by atoms with Crippen LogP contribution >= 0.6 is 0 Å². The minimum atomic E-state index is -1.38. The summed E-state index contributed by atoms with van der Waals surface area (Å²) in [4.78, 5) is 38.9. The Morgan fingerprint density at radius 3 is 2.07 bits per heavy atom. The molecule has 216 valence electrons. The molecule has 5 rings (SSSR count). The molecule has 0 aliphatic heterocycles. The second-order valence-electron chi connectivity index (χ2n) is 11.8. The van der Waals surface area contributed by atoms with E-state index in [0.717, 1.165) is 33.4 Å². The van der Waals surface area contributed by atoms with Crippen molar-refractivity contribution >= 4 is 23.6 Å². The van der Waals surface area contributed by atoms with Gasteiger partial charge in [-0.15, -0.1) is 0 Å². The van der Waals surface area contributed by atoms with Gasteiger partial charge in [-0.1, -0.05) is 97.1 Å². The lowest BCUT2D eigenvalue weighted by atomic mass is 9.74. The molecule has 42 heavy (non-hydrogen) atoms. The molecule has 0 spiro atoms. The van der Waals surface area contributed by atoms with Crippen LogP contribution in [0, 0.1) is 5.41 Å². The second kappa shape index (κ2) is 11.7. The Balaban J connectivity index is 1.32. The van der Waals surface area contributed by atoms with Gasteiger partial charge in [-0.05, 0) is 67.0 Å². The topological polar surface area (TPSA) is 102 Å². The van der Waals surface area contributed by atoms with E-state index in [9.17, 15) is 19.5 Å². The maximum atomic E-state index is 13.5. The van der Waals surface area contributed by atoms with Crippen LogP contribution in [-0.2, 0) is 19.1 Å². The van der Waals surface area contributed by atoms with Crippen molar-refractivity contribution in [2.45, 2.75) is 51.2 Å². The highest BCUT2D eigenvalue weighted by Crippen LogP contribution is 2.44. The number of benzene rings is 3. The Morgan fingerprint density at radius 1 is 0.929 bits per heavy atom. The number of hydrogen-bond acceptors (Lipinski definition) is 5. The molecule has 0 aromatic heterocycles. The second-order valence-corrected chi connectivity index (χ2v) is 11.8. The zero-order valence-corrected chi connectivity index (χ0v) is 24.0. The Morgan fingerprint density at radius 2 is 1.52 bits per heavy atom. The third-order valence-electron chi connectivity index (χ3n) is 7.68. The zero-order valence-electron chi connectivity index (χ0n) is 24.0. The minimum Gasteiger partial charge on any atom is -0.480 e. The molecule has 7 heteroatoms. The summed E-state index contributed by atoms with van der Waals surface area (Å²) in [5.41, 5.74) is 4.14. The predicted octanol–water partition coefficient (Wildman–Crippen LogP) is 6.74. The lowest BCUT2D eigenvalue weighted by Crippen LogP contribution is -2.48. The van der Waals surface area contributed by atoms with Gasteiger partial charge in [0.1, 0.15) is 18.2 Å². The molecule has 1 amide bonds. The fraction of sp³-hybridized carbons (Fsp3) is 0.286. The molecule has 2 atom stereocenters. The third-order valence-corrected chi connectivity index (χ3v) is 7.68. The quantitative estimate of drug-likeness (QED) is 0.293. The molecule has 3 aromatic rings. The maximum absolute atomic E-state index is 13.5. The van der Waals surface area contributed by atoms with Crippen LogP contribution < -0.4 is 5.32 Å². The third kappa shape index (κ3) is 6.15. The summed E-state index contributed by atoms with van der Waals surface area (Å²) >= 11 is 0. The molecule has 0 saturated heterocycles. The van der Waals surface area contributed by atoms with Crippen LogP contribution in [0.3, 0.4) is 0 Å². The summed E-state index contributed by atoms with van der Waals surface area (Å²) in [6.07, 6.45) is 4.60. The number of alkyl carbamates (subject to hydrolysis) is 1. The van der Waals surface area contributed by atoms with Crippen LogP contribution in [0.15, 0.2) is 97.1 Å². The zero-order chi connectivity index (χ0) is 29.9. The van der Waals surface area contributed by atoms with Gasteiger partial charge in [-0.25, -0.2) is 9.59 Å². The van der Waals surface area contributed by atoms with Gasteiger partial charge < -0.3 is 19.9 Å². The van der Waals surface area contributed by atoms with Crippen molar-refractivity contribution in [3.8, 4) is 11.1 Å². The van der Waals surface area contributed by atoms with Gasteiger partial charge in [0.2, 0.25) is 0 Å². The van der Waals surface area contributed by atoms with Crippen LogP contribution in [0.25, 0.3) is 16.7 Å². The van der Waals surface area contributed by atoms with Gasteiger partial charge in [0, 0.05) is 5.92 Å². The molecule has 0 saturated carbocycles.